The predicted molar refractivity (Wildman–Crippen MR) is 74.8 cm³/mol. The van der Waals surface area contributed by atoms with Crippen LogP contribution in [0.5, 0.6) is 0 Å². The number of aliphatic carboxylic acids is 1. The van der Waals surface area contributed by atoms with Crippen molar-refractivity contribution in [3.05, 3.63) is 24.7 Å². The molecule has 6 nitrogen and oxygen atoms in total. The zero-order valence-electron chi connectivity index (χ0n) is 11.3. The lowest BCUT2D eigenvalue weighted by Crippen LogP contribution is -2.40. The average Bonchev–Trinajstić information content (AvgIpc) is 2.93. The number of carbonyl (C=O) groups is 1. The number of anilines is 1. The summed E-state index contributed by atoms with van der Waals surface area (Å²) in [5, 5.41) is 13.1. The standard InChI is InChI=1S/C14H18N4O2/c19-13(20)5-4-11-3-1-2-9-17(11)14-12-6-7-16-18(12)10-8-15-14/h6-8,10-11H,1-5,9H2,(H,19,20). The fraction of sp³-hybridized carbons (Fsp3) is 0.500. The molecule has 0 spiro atoms. The molecule has 3 rings (SSSR count). The number of carboxylic acids is 1. The van der Waals surface area contributed by atoms with E-state index in [-0.39, 0.29) is 12.5 Å². The molecule has 2 aromatic heterocycles. The zero-order chi connectivity index (χ0) is 13.9. The Hall–Kier alpha value is -2.11. The molecule has 0 bridgehead atoms. The average molecular weight is 274 g/mol. The van der Waals surface area contributed by atoms with E-state index in [1.807, 2.05) is 16.8 Å². The first-order chi connectivity index (χ1) is 9.75. The van der Waals surface area contributed by atoms with Gasteiger partial charge in [0.15, 0.2) is 5.82 Å². The van der Waals surface area contributed by atoms with Crippen LogP contribution in [0.3, 0.4) is 0 Å². The molecule has 1 fully saturated rings. The lowest BCUT2D eigenvalue weighted by atomic mass is 9.98. The lowest BCUT2D eigenvalue weighted by molar-refractivity contribution is -0.137. The molecule has 0 saturated carbocycles. The van der Waals surface area contributed by atoms with E-state index in [9.17, 15) is 4.79 Å². The third-order valence-corrected chi connectivity index (χ3v) is 3.89. The van der Waals surface area contributed by atoms with Gasteiger partial charge in [0.05, 0.1) is 6.20 Å². The highest BCUT2D eigenvalue weighted by Gasteiger charge is 2.25. The van der Waals surface area contributed by atoms with E-state index in [1.54, 1.807) is 12.4 Å². The van der Waals surface area contributed by atoms with Crippen molar-refractivity contribution in [2.45, 2.75) is 38.1 Å². The molecular weight excluding hydrogens is 256 g/mol. The van der Waals surface area contributed by atoms with Crippen LogP contribution in [0.1, 0.15) is 32.1 Å². The van der Waals surface area contributed by atoms with Crippen molar-refractivity contribution < 1.29 is 9.90 Å². The second-order valence-corrected chi connectivity index (χ2v) is 5.19. The van der Waals surface area contributed by atoms with Crippen molar-refractivity contribution in [2.24, 2.45) is 0 Å². The maximum atomic E-state index is 10.8. The Balaban J connectivity index is 1.89. The number of carboxylic acid groups (broad SMARTS) is 1. The molecule has 1 aliphatic rings. The molecule has 3 heterocycles. The van der Waals surface area contributed by atoms with Crippen LogP contribution >= 0.6 is 0 Å². The Kier molecular flexibility index (Phi) is 3.54. The van der Waals surface area contributed by atoms with Gasteiger partial charge in [-0.05, 0) is 31.7 Å². The summed E-state index contributed by atoms with van der Waals surface area (Å²) in [6, 6.07) is 2.21. The number of nitrogens with zero attached hydrogens (tertiary/aromatic N) is 4. The molecular formula is C14H18N4O2. The summed E-state index contributed by atoms with van der Waals surface area (Å²) < 4.78 is 1.81. The monoisotopic (exact) mass is 274 g/mol. The molecule has 1 N–H and O–H groups in total. The van der Waals surface area contributed by atoms with Crippen molar-refractivity contribution in [3.63, 3.8) is 0 Å². The Bertz CT molecular complexity index is 610. The molecule has 0 radical (unpaired) electrons. The van der Waals surface area contributed by atoms with Crippen LogP contribution in [-0.2, 0) is 4.79 Å². The van der Waals surface area contributed by atoms with E-state index in [0.717, 1.165) is 37.1 Å². The maximum Gasteiger partial charge on any atom is 0.303 e. The van der Waals surface area contributed by atoms with E-state index >= 15 is 0 Å². The second kappa shape index (κ2) is 5.48. The van der Waals surface area contributed by atoms with Crippen molar-refractivity contribution >= 4 is 17.3 Å². The van der Waals surface area contributed by atoms with Crippen LogP contribution in [0.2, 0.25) is 0 Å². The predicted octanol–water partition coefficient (Wildman–Crippen LogP) is 1.95. The number of piperidine rings is 1. The van der Waals surface area contributed by atoms with Crippen LogP contribution in [0.15, 0.2) is 24.7 Å². The van der Waals surface area contributed by atoms with Crippen LogP contribution in [0, 0.1) is 0 Å². The van der Waals surface area contributed by atoms with E-state index in [0.29, 0.717) is 6.42 Å². The topological polar surface area (TPSA) is 70.7 Å². The Morgan fingerprint density at radius 2 is 2.30 bits per heavy atom. The highest BCUT2D eigenvalue weighted by Crippen LogP contribution is 2.28. The fourth-order valence-electron chi connectivity index (χ4n) is 2.93. The smallest absolute Gasteiger partial charge is 0.303 e. The number of aromatic nitrogens is 3. The highest BCUT2D eigenvalue weighted by atomic mass is 16.4. The van der Waals surface area contributed by atoms with Crippen molar-refractivity contribution in [1.82, 2.24) is 14.6 Å². The minimum atomic E-state index is -0.731. The zero-order valence-corrected chi connectivity index (χ0v) is 11.3. The summed E-state index contributed by atoms with van der Waals surface area (Å²) in [5.41, 5.74) is 0.981. The molecule has 2 aromatic rings. The normalized spacial score (nSPS) is 19.4. The minimum absolute atomic E-state index is 0.212. The van der Waals surface area contributed by atoms with Gasteiger partial charge in [0.1, 0.15) is 5.52 Å². The van der Waals surface area contributed by atoms with Gasteiger partial charge in [0.25, 0.3) is 0 Å². The van der Waals surface area contributed by atoms with Gasteiger partial charge in [-0.2, -0.15) is 5.10 Å². The van der Waals surface area contributed by atoms with Gasteiger partial charge in [-0.3, -0.25) is 4.79 Å². The number of fused-ring (bicyclic) bond motifs is 1. The van der Waals surface area contributed by atoms with Gasteiger partial charge in [-0.15, -0.1) is 0 Å². The first kappa shape index (κ1) is 12.9. The van der Waals surface area contributed by atoms with Crippen LogP contribution in [0.4, 0.5) is 5.82 Å². The minimum Gasteiger partial charge on any atom is -0.481 e. The molecule has 6 heteroatoms. The van der Waals surface area contributed by atoms with Gasteiger partial charge in [-0.1, -0.05) is 0 Å². The summed E-state index contributed by atoms with van der Waals surface area (Å²) in [4.78, 5) is 17.6. The van der Waals surface area contributed by atoms with E-state index < -0.39 is 5.97 Å². The summed E-state index contributed by atoms with van der Waals surface area (Å²) in [6.45, 7) is 0.933. The van der Waals surface area contributed by atoms with Crippen LogP contribution in [-0.4, -0.2) is 38.3 Å². The van der Waals surface area contributed by atoms with Crippen molar-refractivity contribution in [3.8, 4) is 0 Å². The van der Waals surface area contributed by atoms with Gasteiger partial charge in [0.2, 0.25) is 0 Å². The first-order valence-corrected chi connectivity index (χ1v) is 7.02. The molecule has 1 unspecified atom stereocenters. The highest BCUT2D eigenvalue weighted by molar-refractivity contribution is 5.69. The third kappa shape index (κ3) is 2.45. The SMILES string of the molecule is O=C(O)CCC1CCCCN1c1nccn2nccc12. The first-order valence-electron chi connectivity index (χ1n) is 7.02. The van der Waals surface area contributed by atoms with Gasteiger partial charge in [-0.25, -0.2) is 9.50 Å². The summed E-state index contributed by atoms with van der Waals surface area (Å²) in [6.07, 6.45) is 9.54. The van der Waals surface area contributed by atoms with Gasteiger partial charge >= 0.3 is 5.97 Å². The maximum absolute atomic E-state index is 10.8. The van der Waals surface area contributed by atoms with Crippen molar-refractivity contribution in [2.75, 3.05) is 11.4 Å². The number of rotatable bonds is 4. The van der Waals surface area contributed by atoms with Gasteiger partial charge in [0, 0.05) is 31.4 Å². The number of hydrogen-bond acceptors (Lipinski definition) is 4. The van der Waals surface area contributed by atoms with Crippen LogP contribution in [0.25, 0.3) is 5.52 Å². The van der Waals surface area contributed by atoms with E-state index in [1.165, 1.54) is 0 Å². The quantitative estimate of drug-likeness (QED) is 0.922. The fourth-order valence-corrected chi connectivity index (χ4v) is 2.93. The Morgan fingerprint density at radius 1 is 1.40 bits per heavy atom. The summed E-state index contributed by atoms with van der Waals surface area (Å²) in [5.74, 6) is 0.186. The van der Waals surface area contributed by atoms with E-state index in [4.69, 9.17) is 5.11 Å². The lowest BCUT2D eigenvalue weighted by Gasteiger charge is -2.36. The molecule has 20 heavy (non-hydrogen) atoms. The Labute approximate surface area is 117 Å². The number of hydrogen-bond donors (Lipinski definition) is 1. The Morgan fingerprint density at radius 3 is 3.15 bits per heavy atom. The molecule has 106 valence electrons. The molecule has 0 amide bonds. The molecule has 1 saturated heterocycles. The third-order valence-electron chi connectivity index (χ3n) is 3.89. The largest absolute Gasteiger partial charge is 0.481 e. The second-order valence-electron chi connectivity index (χ2n) is 5.19. The van der Waals surface area contributed by atoms with E-state index in [2.05, 4.69) is 15.0 Å². The van der Waals surface area contributed by atoms with Crippen LogP contribution < -0.4 is 4.90 Å². The van der Waals surface area contributed by atoms with Crippen molar-refractivity contribution in [1.29, 1.82) is 0 Å². The van der Waals surface area contributed by atoms with Gasteiger partial charge < -0.3 is 10.0 Å². The molecule has 0 aliphatic carbocycles. The summed E-state index contributed by atoms with van der Waals surface area (Å²) in [7, 11) is 0. The summed E-state index contributed by atoms with van der Waals surface area (Å²) >= 11 is 0. The molecule has 1 aliphatic heterocycles. The molecule has 1 atom stereocenters. The molecule has 0 aromatic carbocycles.